The fourth-order valence-electron chi connectivity index (χ4n) is 0.794. The molecule has 13 heavy (non-hydrogen) atoms. The Kier molecular flexibility index (Phi) is 2.40. The average Bonchev–Trinajstić information content (AvgIpc) is 2.24. The lowest BCUT2D eigenvalue weighted by Gasteiger charge is -2.09. The molecule has 0 unspecified atom stereocenters. The number of anilines is 1. The second-order valence-corrected chi connectivity index (χ2v) is 2.92. The molecular weight excluding hydrogens is 180 g/mol. The number of nitrogens with zero attached hydrogens (tertiary/aromatic N) is 2. The topological polar surface area (TPSA) is 53.1 Å². The summed E-state index contributed by atoms with van der Waals surface area (Å²) < 4.78 is 30.8. The van der Waals surface area contributed by atoms with Crippen LogP contribution in [0.3, 0.4) is 0 Å². The Bertz CT molecular complexity index is 292. The molecule has 0 saturated heterocycles. The molecule has 0 aromatic carbocycles. The number of hydrogen-bond acceptors (Lipinski definition) is 3. The van der Waals surface area contributed by atoms with E-state index in [0.717, 1.165) is 6.92 Å². The SMILES string of the molecule is Cn1cc(N)c(OCC(C)(F)F)n1. The summed E-state index contributed by atoms with van der Waals surface area (Å²) in [7, 11) is 1.63. The van der Waals surface area contributed by atoms with Crippen LogP contribution in [0.1, 0.15) is 6.92 Å². The summed E-state index contributed by atoms with van der Waals surface area (Å²) in [5.74, 6) is -2.83. The molecule has 0 aliphatic rings. The number of alkyl halides is 2. The van der Waals surface area contributed by atoms with Crippen molar-refractivity contribution in [1.29, 1.82) is 0 Å². The van der Waals surface area contributed by atoms with Gasteiger partial charge in [0, 0.05) is 14.0 Å². The molecule has 6 heteroatoms. The van der Waals surface area contributed by atoms with E-state index in [-0.39, 0.29) is 11.6 Å². The van der Waals surface area contributed by atoms with E-state index >= 15 is 0 Å². The third kappa shape index (κ3) is 2.89. The quantitative estimate of drug-likeness (QED) is 0.776. The molecule has 1 rings (SSSR count). The predicted molar refractivity (Wildman–Crippen MR) is 43.7 cm³/mol. The zero-order chi connectivity index (χ0) is 10.1. The minimum Gasteiger partial charge on any atom is -0.469 e. The highest BCUT2D eigenvalue weighted by atomic mass is 19.3. The minimum absolute atomic E-state index is 0.0454. The maximum atomic E-state index is 12.3. The van der Waals surface area contributed by atoms with E-state index < -0.39 is 12.5 Å². The Morgan fingerprint density at radius 2 is 2.31 bits per heavy atom. The second-order valence-electron chi connectivity index (χ2n) is 2.92. The Morgan fingerprint density at radius 3 is 2.69 bits per heavy atom. The zero-order valence-electron chi connectivity index (χ0n) is 7.42. The highest BCUT2D eigenvalue weighted by molar-refractivity contribution is 5.45. The van der Waals surface area contributed by atoms with Crippen LogP contribution in [-0.4, -0.2) is 22.3 Å². The van der Waals surface area contributed by atoms with Crippen molar-refractivity contribution < 1.29 is 13.5 Å². The van der Waals surface area contributed by atoms with Gasteiger partial charge in [-0.25, -0.2) is 8.78 Å². The van der Waals surface area contributed by atoms with Gasteiger partial charge in [0.2, 0.25) is 0 Å². The monoisotopic (exact) mass is 191 g/mol. The molecule has 0 atom stereocenters. The molecule has 1 heterocycles. The van der Waals surface area contributed by atoms with Crippen molar-refractivity contribution in [2.75, 3.05) is 12.3 Å². The maximum Gasteiger partial charge on any atom is 0.278 e. The van der Waals surface area contributed by atoms with E-state index in [1.807, 2.05) is 0 Å². The predicted octanol–water partition coefficient (Wildman–Crippen LogP) is 1.04. The standard InChI is InChI=1S/C7H11F2N3O/c1-7(8,9)4-13-6-5(10)3-12(2)11-6/h3H,4,10H2,1-2H3. The first-order valence-corrected chi connectivity index (χ1v) is 3.68. The largest absolute Gasteiger partial charge is 0.469 e. The van der Waals surface area contributed by atoms with Crippen LogP contribution in [-0.2, 0) is 7.05 Å². The van der Waals surface area contributed by atoms with Gasteiger partial charge < -0.3 is 10.5 Å². The van der Waals surface area contributed by atoms with Gasteiger partial charge in [-0.3, -0.25) is 4.68 Å². The smallest absolute Gasteiger partial charge is 0.278 e. The molecule has 0 aliphatic carbocycles. The molecule has 74 valence electrons. The molecule has 1 aromatic rings. The Balaban J connectivity index is 2.59. The summed E-state index contributed by atoms with van der Waals surface area (Å²) >= 11 is 0. The van der Waals surface area contributed by atoms with E-state index in [4.69, 9.17) is 10.5 Å². The number of hydrogen-bond donors (Lipinski definition) is 1. The van der Waals surface area contributed by atoms with Gasteiger partial charge in [-0.1, -0.05) is 0 Å². The van der Waals surface area contributed by atoms with Crippen LogP contribution >= 0.6 is 0 Å². The fraction of sp³-hybridized carbons (Fsp3) is 0.571. The highest BCUT2D eigenvalue weighted by Gasteiger charge is 2.23. The van der Waals surface area contributed by atoms with Gasteiger partial charge in [0.25, 0.3) is 11.8 Å². The lowest BCUT2D eigenvalue weighted by molar-refractivity contribution is -0.0241. The lowest BCUT2D eigenvalue weighted by Crippen LogP contribution is -2.21. The van der Waals surface area contributed by atoms with Crippen molar-refractivity contribution in [3.63, 3.8) is 0 Å². The summed E-state index contributed by atoms with van der Waals surface area (Å²) in [6.45, 7) is 0.0559. The molecule has 0 bridgehead atoms. The van der Waals surface area contributed by atoms with Gasteiger partial charge in [-0.2, -0.15) is 0 Å². The molecule has 1 aromatic heterocycles. The molecular formula is C7H11F2N3O. The van der Waals surface area contributed by atoms with E-state index in [2.05, 4.69) is 5.10 Å². The number of ether oxygens (including phenoxy) is 1. The van der Waals surface area contributed by atoms with Gasteiger partial charge in [-0.15, -0.1) is 5.10 Å². The van der Waals surface area contributed by atoms with Gasteiger partial charge in [0.1, 0.15) is 5.69 Å². The highest BCUT2D eigenvalue weighted by Crippen LogP contribution is 2.20. The summed E-state index contributed by atoms with van der Waals surface area (Å²) in [5, 5.41) is 3.75. The Hall–Kier alpha value is -1.33. The van der Waals surface area contributed by atoms with Crippen molar-refractivity contribution in [3.8, 4) is 5.88 Å². The molecule has 4 nitrogen and oxygen atoms in total. The van der Waals surface area contributed by atoms with Crippen LogP contribution in [0.4, 0.5) is 14.5 Å². The molecule has 2 N–H and O–H groups in total. The van der Waals surface area contributed by atoms with Crippen molar-refractivity contribution in [1.82, 2.24) is 9.78 Å². The van der Waals surface area contributed by atoms with Crippen molar-refractivity contribution in [2.24, 2.45) is 7.05 Å². The molecule has 0 radical (unpaired) electrons. The summed E-state index contributed by atoms with van der Waals surface area (Å²) in [6, 6.07) is 0. The van der Waals surface area contributed by atoms with E-state index in [9.17, 15) is 8.78 Å². The van der Waals surface area contributed by atoms with Gasteiger partial charge in [0.15, 0.2) is 6.61 Å². The maximum absolute atomic E-state index is 12.3. The van der Waals surface area contributed by atoms with Crippen LogP contribution in [0.25, 0.3) is 0 Å². The van der Waals surface area contributed by atoms with Crippen LogP contribution in [0, 0.1) is 0 Å². The summed E-state index contributed by atoms with van der Waals surface area (Å²) in [4.78, 5) is 0. The van der Waals surface area contributed by atoms with Crippen molar-refractivity contribution in [2.45, 2.75) is 12.8 Å². The first-order valence-electron chi connectivity index (χ1n) is 3.68. The van der Waals surface area contributed by atoms with E-state index in [0.29, 0.717) is 0 Å². The normalized spacial score (nSPS) is 11.7. The third-order valence-corrected chi connectivity index (χ3v) is 1.28. The van der Waals surface area contributed by atoms with E-state index in [1.54, 1.807) is 7.05 Å². The van der Waals surface area contributed by atoms with Crippen LogP contribution < -0.4 is 10.5 Å². The number of aryl methyl sites for hydroxylation is 1. The minimum atomic E-state index is -2.87. The van der Waals surface area contributed by atoms with Gasteiger partial charge in [0.05, 0.1) is 6.20 Å². The van der Waals surface area contributed by atoms with Crippen molar-refractivity contribution in [3.05, 3.63) is 6.20 Å². The molecule has 0 fully saturated rings. The lowest BCUT2D eigenvalue weighted by atomic mass is 10.4. The second kappa shape index (κ2) is 3.20. The number of aromatic nitrogens is 2. The first kappa shape index (κ1) is 9.76. The van der Waals surface area contributed by atoms with Crippen LogP contribution in [0.5, 0.6) is 5.88 Å². The molecule has 0 amide bonds. The van der Waals surface area contributed by atoms with Crippen molar-refractivity contribution >= 4 is 5.69 Å². The molecule has 0 aliphatic heterocycles. The van der Waals surface area contributed by atoms with Gasteiger partial charge >= 0.3 is 0 Å². The summed E-state index contributed by atoms with van der Waals surface area (Å²) in [5.41, 5.74) is 5.67. The fourth-order valence-corrected chi connectivity index (χ4v) is 0.794. The first-order chi connectivity index (χ1) is 5.88. The number of nitrogen functional groups attached to an aromatic ring is 1. The number of rotatable bonds is 3. The average molecular weight is 191 g/mol. The molecule has 0 saturated carbocycles. The number of nitrogens with two attached hydrogens (primary N) is 1. The Morgan fingerprint density at radius 1 is 1.69 bits per heavy atom. The zero-order valence-corrected chi connectivity index (χ0v) is 7.42. The number of halogens is 2. The van der Waals surface area contributed by atoms with Crippen LogP contribution in [0.15, 0.2) is 6.20 Å². The van der Waals surface area contributed by atoms with E-state index in [1.165, 1.54) is 10.9 Å². The third-order valence-electron chi connectivity index (χ3n) is 1.28. The molecule has 0 spiro atoms. The van der Waals surface area contributed by atoms with Gasteiger partial charge in [-0.05, 0) is 0 Å². The summed E-state index contributed by atoms with van der Waals surface area (Å²) in [6.07, 6.45) is 1.49. The van der Waals surface area contributed by atoms with Crippen LogP contribution in [0.2, 0.25) is 0 Å². The Labute approximate surface area is 74.3 Å².